The first-order valence-electron chi connectivity index (χ1n) is 5.23. The molecule has 4 heteroatoms. The maximum Gasteiger partial charge on any atom is 0.0159 e. The number of hydrogen-bond donors (Lipinski definition) is 0. The summed E-state index contributed by atoms with van der Waals surface area (Å²) in [5.41, 5.74) is 0. The lowest BCUT2D eigenvalue weighted by molar-refractivity contribution is 0.200. The Morgan fingerprint density at radius 1 is 1.43 bits per heavy atom. The topological polar surface area (TPSA) is 43.4 Å². The quantitative estimate of drug-likeness (QED) is 0.632. The zero-order chi connectivity index (χ0) is 11.1. The lowest BCUT2D eigenvalue weighted by Crippen LogP contribution is -2.33. The summed E-state index contributed by atoms with van der Waals surface area (Å²) in [4.78, 5) is 2.43. The highest BCUT2D eigenvalue weighted by molar-refractivity contribution is 7.79. The molecule has 0 spiro atoms. The Bertz CT molecular complexity index is 164. The second-order valence-electron chi connectivity index (χ2n) is 4.13. The van der Waals surface area contributed by atoms with Crippen LogP contribution in [0.15, 0.2) is 0 Å². The molecule has 0 bridgehead atoms. The van der Waals surface area contributed by atoms with Crippen molar-refractivity contribution in [2.75, 3.05) is 13.6 Å². The van der Waals surface area contributed by atoms with Gasteiger partial charge < -0.3 is 9.45 Å². The summed E-state index contributed by atoms with van der Waals surface area (Å²) in [5, 5.41) is -0.231. The average molecular weight is 220 g/mol. The van der Waals surface area contributed by atoms with Gasteiger partial charge in [0.25, 0.3) is 0 Å². The number of piperidine rings is 1. The van der Waals surface area contributed by atoms with Crippen molar-refractivity contribution < 1.29 is 8.76 Å². The number of rotatable bonds is 1. The summed E-state index contributed by atoms with van der Waals surface area (Å²) in [6.45, 7) is 6.87. The zero-order valence-electron chi connectivity index (χ0n) is 9.66. The first-order chi connectivity index (χ1) is 6.45. The molecule has 2 atom stereocenters. The summed E-state index contributed by atoms with van der Waals surface area (Å²) in [6.07, 6.45) is 4.24. The zero-order valence-corrected chi connectivity index (χ0v) is 10.5. The van der Waals surface area contributed by atoms with Crippen LogP contribution in [0.1, 0.15) is 40.0 Å². The molecule has 0 amide bonds. The average Bonchev–Trinajstić information content (AvgIpc) is 2.11. The minimum atomic E-state index is -1.87. The number of hydrogen-bond acceptors (Lipinski definition) is 3. The maximum absolute atomic E-state index is 9.70. The van der Waals surface area contributed by atoms with Crippen molar-refractivity contribution in [3.05, 3.63) is 0 Å². The highest BCUT2D eigenvalue weighted by atomic mass is 32.2. The van der Waals surface area contributed by atoms with Gasteiger partial charge in [-0.25, -0.2) is 0 Å². The lowest BCUT2D eigenvalue weighted by atomic mass is 10.1. The van der Waals surface area contributed by atoms with E-state index in [1.165, 1.54) is 25.8 Å². The Hall–Kier alpha value is 0.0700. The smallest absolute Gasteiger partial charge is 0.0159 e. The molecule has 1 aliphatic heterocycles. The van der Waals surface area contributed by atoms with Crippen molar-refractivity contribution in [3.8, 4) is 0 Å². The maximum atomic E-state index is 9.70. The molecule has 1 rings (SSSR count). The van der Waals surface area contributed by atoms with Crippen LogP contribution < -0.4 is 0 Å². The predicted octanol–water partition coefficient (Wildman–Crippen LogP) is 1.76. The van der Waals surface area contributed by atoms with Crippen LogP contribution in [0.2, 0.25) is 0 Å². The molecule has 0 radical (unpaired) electrons. The Balaban J connectivity index is 0.000000255. The van der Waals surface area contributed by atoms with Crippen LogP contribution in [0.4, 0.5) is 0 Å². The van der Waals surface area contributed by atoms with E-state index in [2.05, 4.69) is 18.9 Å². The summed E-state index contributed by atoms with van der Waals surface area (Å²) >= 11 is -1.87. The van der Waals surface area contributed by atoms with Crippen LogP contribution in [0, 0.1) is 0 Å². The molecule has 2 unspecified atom stereocenters. The van der Waals surface area contributed by atoms with E-state index in [1.54, 1.807) is 13.8 Å². The van der Waals surface area contributed by atoms with Gasteiger partial charge in [-0.15, -0.1) is 0 Å². The van der Waals surface area contributed by atoms with Gasteiger partial charge in [-0.05, 0) is 33.4 Å². The number of nitrogens with zero attached hydrogens (tertiary/aromatic N) is 1. The Kier molecular flexibility index (Phi) is 7.41. The van der Waals surface area contributed by atoms with Crippen molar-refractivity contribution in [1.29, 1.82) is 0 Å². The van der Waals surface area contributed by atoms with Gasteiger partial charge in [0.2, 0.25) is 0 Å². The molecule has 0 saturated carbocycles. The van der Waals surface area contributed by atoms with Crippen molar-refractivity contribution in [1.82, 2.24) is 4.90 Å². The van der Waals surface area contributed by atoms with Crippen molar-refractivity contribution in [3.63, 3.8) is 0 Å². The second kappa shape index (κ2) is 7.37. The molecule has 1 fully saturated rings. The molecule has 0 aliphatic carbocycles. The summed E-state index contributed by atoms with van der Waals surface area (Å²) < 4.78 is 19.4. The molecule has 86 valence electrons. The molecule has 14 heavy (non-hydrogen) atoms. The van der Waals surface area contributed by atoms with E-state index < -0.39 is 11.1 Å². The fraction of sp³-hybridized carbons (Fsp3) is 1.00. The summed E-state index contributed by atoms with van der Waals surface area (Å²) in [6, 6.07) is 0.837. The molecule has 3 nitrogen and oxygen atoms in total. The molecular weight excluding hydrogens is 198 g/mol. The molecule has 0 aromatic rings. The van der Waals surface area contributed by atoms with E-state index in [9.17, 15) is 8.76 Å². The van der Waals surface area contributed by atoms with Crippen molar-refractivity contribution in [2.24, 2.45) is 0 Å². The van der Waals surface area contributed by atoms with Crippen molar-refractivity contribution in [2.45, 2.75) is 51.3 Å². The van der Waals surface area contributed by atoms with Gasteiger partial charge in [-0.3, -0.25) is 4.21 Å². The molecule has 1 saturated heterocycles. The Morgan fingerprint density at radius 2 is 1.93 bits per heavy atom. The number of likely N-dealkylation sites (tertiary alicyclic amines) is 1. The third-order valence-corrected chi connectivity index (χ3v) is 3.29. The van der Waals surface area contributed by atoms with E-state index in [0.29, 0.717) is 0 Å². The van der Waals surface area contributed by atoms with Crippen LogP contribution in [0.5, 0.6) is 0 Å². The second-order valence-corrected chi connectivity index (χ2v) is 5.60. The molecule has 0 aromatic carbocycles. The van der Waals surface area contributed by atoms with Crippen LogP contribution in [0.3, 0.4) is 0 Å². The van der Waals surface area contributed by atoms with Gasteiger partial charge in [0.05, 0.1) is 0 Å². The van der Waals surface area contributed by atoms with E-state index >= 15 is 0 Å². The van der Waals surface area contributed by atoms with Crippen LogP contribution in [-0.4, -0.2) is 38.5 Å². The van der Waals surface area contributed by atoms with Gasteiger partial charge in [0.15, 0.2) is 0 Å². The van der Waals surface area contributed by atoms with Crippen LogP contribution in [0.25, 0.3) is 0 Å². The third-order valence-electron chi connectivity index (χ3n) is 2.52. The molecule has 0 N–H and O–H groups in total. The summed E-state index contributed by atoms with van der Waals surface area (Å²) in [5.74, 6) is 0. The first-order valence-corrected chi connectivity index (χ1v) is 6.37. The van der Waals surface area contributed by atoms with E-state index in [-0.39, 0.29) is 5.25 Å². The van der Waals surface area contributed by atoms with Gasteiger partial charge in [0, 0.05) is 11.3 Å². The molecule has 1 heterocycles. The van der Waals surface area contributed by atoms with Gasteiger partial charge in [0.1, 0.15) is 0 Å². The van der Waals surface area contributed by atoms with Gasteiger partial charge >= 0.3 is 0 Å². The predicted molar refractivity (Wildman–Crippen MR) is 60.0 cm³/mol. The SMILES string of the molecule is CC(C)S(=O)[O-].CC1CCCCN1C. The first kappa shape index (κ1) is 14.1. The highest BCUT2D eigenvalue weighted by Crippen LogP contribution is 2.13. The Morgan fingerprint density at radius 3 is 2.14 bits per heavy atom. The minimum absolute atomic E-state index is 0.231. The van der Waals surface area contributed by atoms with Crippen molar-refractivity contribution >= 4 is 11.1 Å². The standard InChI is InChI=1S/C7H15N.C3H8O2S/c1-7-5-3-4-6-8(7)2;1-3(2)6(4)5/h7H,3-6H2,1-2H3;3H,1-2H3,(H,4,5)/p-1. The molecule has 0 aromatic heterocycles. The monoisotopic (exact) mass is 220 g/mol. The normalized spacial score (nSPS) is 25.4. The largest absolute Gasteiger partial charge is 0.772 e. The van der Waals surface area contributed by atoms with E-state index in [4.69, 9.17) is 0 Å². The van der Waals surface area contributed by atoms with Gasteiger partial charge in [-0.1, -0.05) is 31.3 Å². The van der Waals surface area contributed by atoms with Crippen LogP contribution in [-0.2, 0) is 11.1 Å². The van der Waals surface area contributed by atoms with E-state index in [0.717, 1.165) is 6.04 Å². The van der Waals surface area contributed by atoms with E-state index in [1.807, 2.05) is 0 Å². The third kappa shape index (κ3) is 6.51. The summed E-state index contributed by atoms with van der Waals surface area (Å²) in [7, 11) is 2.21. The minimum Gasteiger partial charge on any atom is -0.772 e. The fourth-order valence-corrected chi connectivity index (χ4v) is 1.24. The molecular formula is C10H22NO2S-. The van der Waals surface area contributed by atoms with Gasteiger partial charge in [-0.2, -0.15) is 0 Å². The molecule has 1 aliphatic rings. The van der Waals surface area contributed by atoms with Crippen LogP contribution >= 0.6 is 0 Å². The highest BCUT2D eigenvalue weighted by Gasteiger charge is 2.12. The Labute approximate surface area is 90.2 Å². The lowest BCUT2D eigenvalue weighted by Gasteiger charge is -2.29. The fourth-order valence-electron chi connectivity index (χ4n) is 1.24.